The molecule has 1 aromatic carbocycles. The maximum Gasteiger partial charge on any atom is 0.213 e. The Hall–Kier alpha value is -2.07. The molecule has 4 nitrogen and oxygen atoms in total. The van der Waals surface area contributed by atoms with Crippen LogP contribution in [0.1, 0.15) is 29.3 Å². The van der Waals surface area contributed by atoms with Gasteiger partial charge in [0.2, 0.25) is 5.88 Å². The Bertz CT molecular complexity index is 612. The first-order valence-corrected chi connectivity index (χ1v) is 6.70. The van der Waals surface area contributed by atoms with Gasteiger partial charge in [-0.25, -0.2) is 4.98 Å². The van der Waals surface area contributed by atoms with Crippen molar-refractivity contribution in [1.82, 2.24) is 4.98 Å². The Labute approximate surface area is 118 Å². The van der Waals surface area contributed by atoms with Crippen LogP contribution in [0.2, 0.25) is 0 Å². The molecule has 0 bridgehead atoms. The third-order valence-electron chi connectivity index (χ3n) is 3.54. The highest BCUT2D eigenvalue weighted by Gasteiger charge is 2.20. The van der Waals surface area contributed by atoms with Crippen molar-refractivity contribution in [1.29, 1.82) is 0 Å². The Morgan fingerprint density at radius 2 is 2.20 bits per heavy atom. The molecule has 0 fully saturated rings. The van der Waals surface area contributed by atoms with E-state index in [2.05, 4.69) is 4.98 Å². The van der Waals surface area contributed by atoms with E-state index in [0.717, 1.165) is 29.8 Å². The zero-order valence-electron chi connectivity index (χ0n) is 11.4. The topological polar surface area (TPSA) is 51.6 Å². The summed E-state index contributed by atoms with van der Waals surface area (Å²) in [4.78, 5) is 4.30. The molecule has 1 unspecified atom stereocenters. The summed E-state index contributed by atoms with van der Waals surface area (Å²) in [5.41, 5.74) is 3.02. The minimum absolute atomic E-state index is 0.320. The molecule has 1 aliphatic rings. The molecule has 1 atom stereocenters. The van der Waals surface area contributed by atoms with Gasteiger partial charge in [-0.15, -0.1) is 0 Å². The first-order chi connectivity index (χ1) is 9.76. The SMILES string of the molecule is COc1cccc(COc2ccc3c(c2)CCC3O)n1. The molecular formula is C16H17NO3. The van der Waals surface area contributed by atoms with Gasteiger partial charge in [-0.1, -0.05) is 12.1 Å². The first-order valence-electron chi connectivity index (χ1n) is 6.70. The number of fused-ring (bicyclic) bond motifs is 1. The molecule has 0 amide bonds. The number of methoxy groups -OCH3 is 1. The van der Waals surface area contributed by atoms with Crippen molar-refractivity contribution >= 4 is 0 Å². The molecule has 4 heteroatoms. The standard InChI is InChI=1S/C16H17NO3/c1-19-16-4-2-3-12(17-16)10-20-13-6-7-14-11(9-13)5-8-15(14)18/h2-4,6-7,9,15,18H,5,8,10H2,1H3. The molecule has 1 aliphatic carbocycles. The van der Waals surface area contributed by atoms with Crippen molar-refractivity contribution in [2.45, 2.75) is 25.6 Å². The van der Waals surface area contributed by atoms with Crippen LogP contribution in [-0.4, -0.2) is 17.2 Å². The molecule has 0 spiro atoms. The number of pyridine rings is 1. The molecule has 0 aliphatic heterocycles. The van der Waals surface area contributed by atoms with Crippen LogP contribution < -0.4 is 9.47 Å². The molecule has 1 aromatic heterocycles. The molecule has 104 valence electrons. The summed E-state index contributed by atoms with van der Waals surface area (Å²) in [6.07, 6.45) is 1.39. The minimum Gasteiger partial charge on any atom is -0.487 e. The molecule has 3 rings (SSSR count). The maximum atomic E-state index is 9.77. The van der Waals surface area contributed by atoms with E-state index in [1.807, 2.05) is 30.3 Å². The van der Waals surface area contributed by atoms with E-state index >= 15 is 0 Å². The van der Waals surface area contributed by atoms with Crippen molar-refractivity contribution in [3.63, 3.8) is 0 Å². The lowest BCUT2D eigenvalue weighted by atomic mass is 10.1. The summed E-state index contributed by atoms with van der Waals surface area (Å²) < 4.78 is 10.8. The van der Waals surface area contributed by atoms with Gasteiger partial charge in [0.05, 0.1) is 18.9 Å². The first kappa shape index (κ1) is 12.9. The molecule has 0 saturated carbocycles. The van der Waals surface area contributed by atoms with Crippen LogP contribution in [0, 0.1) is 0 Å². The summed E-state index contributed by atoms with van der Waals surface area (Å²) in [5.74, 6) is 1.39. The van der Waals surface area contributed by atoms with Gasteiger partial charge in [-0.2, -0.15) is 0 Å². The quantitative estimate of drug-likeness (QED) is 0.928. The van der Waals surface area contributed by atoms with Crippen LogP contribution in [0.3, 0.4) is 0 Å². The smallest absolute Gasteiger partial charge is 0.213 e. The van der Waals surface area contributed by atoms with E-state index in [-0.39, 0.29) is 6.10 Å². The number of aliphatic hydroxyl groups is 1. The fourth-order valence-corrected chi connectivity index (χ4v) is 2.47. The van der Waals surface area contributed by atoms with E-state index in [0.29, 0.717) is 12.5 Å². The second kappa shape index (κ2) is 5.51. The summed E-state index contributed by atoms with van der Waals surface area (Å²) in [6, 6.07) is 11.4. The van der Waals surface area contributed by atoms with Crippen molar-refractivity contribution < 1.29 is 14.6 Å². The summed E-state index contributed by atoms with van der Waals surface area (Å²) in [5, 5.41) is 9.77. The van der Waals surface area contributed by atoms with Crippen molar-refractivity contribution in [3.05, 3.63) is 53.2 Å². The number of benzene rings is 1. The molecule has 20 heavy (non-hydrogen) atoms. The van der Waals surface area contributed by atoms with Gasteiger partial charge in [-0.3, -0.25) is 0 Å². The average Bonchev–Trinajstić information content (AvgIpc) is 2.86. The third-order valence-corrected chi connectivity index (χ3v) is 3.54. The Morgan fingerprint density at radius 1 is 1.30 bits per heavy atom. The van der Waals surface area contributed by atoms with Crippen LogP contribution in [0.4, 0.5) is 0 Å². The number of aromatic nitrogens is 1. The second-order valence-corrected chi connectivity index (χ2v) is 4.88. The predicted octanol–water partition coefficient (Wildman–Crippen LogP) is 2.65. The van der Waals surface area contributed by atoms with Gasteiger partial charge in [0.1, 0.15) is 12.4 Å². The van der Waals surface area contributed by atoms with Crippen molar-refractivity contribution in [2.75, 3.05) is 7.11 Å². The maximum absolute atomic E-state index is 9.77. The minimum atomic E-state index is -0.320. The molecule has 1 N–H and O–H groups in total. The summed E-state index contributed by atoms with van der Waals surface area (Å²) >= 11 is 0. The zero-order valence-corrected chi connectivity index (χ0v) is 11.4. The fourth-order valence-electron chi connectivity index (χ4n) is 2.47. The van der Waals surface area contributed by atoms with Gasteiger partial charge in [-0.05, 0) is 42.2 Å². The lowest BCUT2D eigenvalue weighted by molar-refractivity contribution is 0.180. The Morgan fingerprint density at radius 3 is 3.05 bits per heavy atom. The number of aliphatic hydroxyl groups excluding tert-OH is 1. The zero-order chi connectivity index (χ0) is 13.9. The van der Waals surface area contributed by atoms with Crippen LogP contribution in [0.15, 0.2) is 36.4 Å². The monoisotopic (exact) mass is 271 g/mol. The van der Waals surface area contributed by atoms with Crippen LogP contribution >= 0.6 is 0 Å². The number of nitrogens with zero attached hydrogens (tertiary/aromatic N) is 1. The van der Waals surface area contributed by atoms with Crippen LogP contribution in [0.25, 0.3) is 0 Å². The second-order valence-electron chi connectivity index (χ2n) is 4.88. The Balaban J connectivity index is 1.69. The normalized spacial score (nSPS) is 16.8. The van der Waals surface area contributed by atoms with Gasteiger partial charge in [0.25, 0.3) is 0 Å². The Kier molecular flexibility index (Phi) is 3.56. The third kappa shape index (κ3) is 2.60. The number of rotatable bonds is 4. The van der Waals surface area contributed by atoms with Crippen molar-refractivity contribution in [3.8, 4) is 11.6 Å². The highest BCUT2D eigenvalue weighted by Crippen LogP contribution is 2.33. The molecular weight excluding hydrogens is 254 g/mol. The number of ether oxygens (including phenoxy) is 2. The molecule has 0 saturated heterocycles. The van der Waals surface area contributed by atoms with Crippen molar-refractivity contribution in [2.24, 2.45) is 0 Å². The van der Waals surface area contributed by atoms with Gasteiger partial charge < -0.3 is 14.6 Å². The number of hydrogen-bond donors (Lipinski definition) is 1. The van der Waals surface area contributed by atoms with E-state index < -0.39 is 0 Å². The van der Waals surface area contributed by atoms with E-state index in [9.17, 15) is 5.11 Å². The van der Waals surface area contributed by atoms with E-state index in [1.54, 1.807) is 13.2 Å². The molecule has 1 heterocycles. The van der Waals surface area contributed by atoms with E-state index in [1.165, 1.54) is 5.56 Å². The van der Waals surface area contributed by atoms with Gasteiger partial charge in [0.15, 0.2) is 0 Å². The highest BCUT2D eigenvalue weighted by molar-refractivity contribution is 5.39. The van der Waals surface area contributed by atoms with Crippen LogP contribution in [-0.2, 0) is 13.0 Å². The van der Waals surface area contributed by atoms with Gasteiger partial charge in [0, 0.05) is 6.07 Å². The fraction of sp³-hybridized carbons (Fsp3) is 0.312. The number of aryl methyl sites for hydroxylation is 1. The van der Waals surface area contributed by atoms with Crippen LogP contribution in [0.5, 0.6) is 11.6 Å². The lowest BCUT2D eigenvalue weighted by Gasteiger charge is -2.09. The lowest BCUT2D eigenvalue weighted by Crippen LogP contribution is -2.00. The summed E-state index contributed by atoms with van der Waals surface area (Å²) in [7, 11) is 1.60. The number of hydrogen-bond acceptors (Lipinski definition) is 4. The predicted molar refractivity (Wildman–Crippen MR) is 74.8 cm³/mol. The summed E-state index contributed by atoms with van der Waals surface area (Å²) in [6.45, 7) is 0.401. The average molecular weight is 271 g/mol. The molecule has 2 aromatic rings. The largest absolute Gasteiger partial charge is 0.487 e. The van der Waals surface area contributed by atoms with Gasteiger partial charge >= 0.3 is 0 Å². The molecule has 0 radical (unpaired) electrons. The highest BCUT2D eigenvalue weighted by atomic mass is 16.5. The van der Waals surface area contributed by atoms with E-state index in [4.69, 9.17) is 9.47 Å².